The van der Waals surface area contributed by atoms with E-state index >= 15 is 0 Å². The Labute approximate surface area is 468 Å². The molecule has 2 atom stereocenters. The van der Waals surface area contributed by atoms with E-state index in [0.717, 1.165) is 96.3 Å². The van der Waals surface area contributed by atoms with Crippen molar-refractivity contribution >= 4 is 19.8 Å². The number of carbonyl (C=O) groups excluding carboxylic acids is 2. The van der Waals surface area contributed by atoms with Crippen molar-refractivity contribution in [2.45, 2.75) is 264 Å². The van der Waals surface area contributed by atoms with Crippen LogP contribution >= 0.6 is 7.82 Å². The van der Waals surface area contributed by atoms with Gasteiger partial charge in [0, 0.05) is 12.8 Å². The number of allylic oxidation sites excluding steroid dienone is 16. The predicted octanol–water partition coefficient (Wildman–Crippen LogP) is 19.6. The van der Waals surface area contributed by atoms with Crippen LogP contribution < -0.4 is 0 Å². The van der Waals surface area contributed by atoms with Crippen molar-refractivity contribution in [2.24, 2.45) is 0 Å². The summed E-state index contributed by atoms with van der Waals surface area (Å²) in [6, 6.07) is 0. The van der Waals surface area contributed by atoms with Crippen LogP contribution in [0.4, 0.5) is 0 Å². The molecular formula is C66H117NO8P+. The Bertz CT molecular complexity index is 1600. The molecule has 0 radical (unpaired) electrons. The zero-order chi connectivity index (χ0) is 55.6. The van der Waals surface area contributed by atoms with E-state index in [-0.39, 0.29) is 32.0 Å². The molecule has 0 rings (SSSR count). The summed E-state index contributed by atoms with van der Waals surface area (Å²) in [5, 5.41) is 0. The highest BCUT2D eigenvalue weighted by atomic mass is 31.2. The molecule has 0 heterocycles. The van der Waals surface area contributed by atoms with Gasteiger partial charge in [0.1, 0.15) is 19.8 Å². The van der Waals surface area contributed by atoms with Gasteiger partial charge in [-0.3, -0.25) is 18.6 Å². The minimum atomic E-state index is -4.39. The summed E-state index contributed by atoms with van der Waals surface area (Å²) in [6.45, 7) is 4.32. The van der Waals surface area contributed by atoms with E-state index in [1.165, 1.54) is 128 Å². The van der Waals surface area contributed by atoms with Crippen molar-refractivity contribution in [3.63, 3.8) is 0 Å². The number of phosphoric ester groups is 1. The minimum Gasteiger partial charge on any atom is -0.462 e. The van der Waals surface area contributed by atoms with Gasteiger partial charge in [-0.1, -0.05) is 246 Å². The van der Waals surface area contributed by atoms with Gasteiger partial charge in [0.25, 0.3) is 0 Å². The molecule has 0 amide bonds. The molecule has 0 saturated carbocycles. The molecule has 0 saturated heterocycles. The number of phosphoric acid groups is 1. The van der Waals surface area contributed by atoms with Crippen molar-refractivity contribution in [1.29, 1.82) is 0 Å². The third-order valence-electron chi connectivity index (χ3n) is 13.1. The number of unbranched alkanes of at least 4 members (excludes halogenated alkanes) is 26. The van der Waals surface area contributed by atoms with Crippen LogP contribution in [0.2, 0.25) is 0 Å². The summed E-state index contributed by atoms with van der Waals surface area (Å²) >= 11 is 0. The molecule has 10 heteroatoms. The number of likely N-dealkylation sites (N-methyl/N-ethyl adjacent to an activating group) is 1. The topological polar surface area (TPSA) is 108 Å². The summed E-state index contributed by atoms with van der Waals surface area (Å²) in [5.41, 5.74) is 0. The summed E-state index contributed by atoms with van der Waals surface area (Å²) in [4.78, 5) is 35.7. The molecular weight excluding hydrogens is 966 g/mol. The second-order valence-electron chi connectivity index (χ2n) is 21.7. The Morgan fingerprint density at radius 1 is 0.421 bits per heavy atom. The summed E-state index contributed by atoms with van der Waals surface area (Å²) in [6.07, 6.45) is 77.7. The Kier molecular flexibility index (Phi) is 54.4. The van der Waals surface area contributed by atoms with Crippen LogP contribution in [-0.2, 0) is 32.7 Å². The number of carbonyl (C=O) groups is 2. The Hall–Kier alpha value is -3.07. The highest BCUT2D eigenvalue weighted by molar-refractivity contribution is 7.47. The number of ether oxygens (including phenoxy) is 2. The highest BCUT2D eigenvalue weighted by Gasteiger charge is 2.27. The molecule has 438 valence electrons. The number of rotatable bonds is 56. The lowest BCUT2D eigenvalue weighted by atomic mass is 10.0. The van der Waals surface area contributed by atoms with Crippen LogP contribution in [0.1, 0.15) is 258 Å². The maximum Gasteiger partial charge on any atom is 0.472 e. The maximum absolute atomic E-state index is 12.8. The molecule has 0 fully saturated rings. The SMILES string of the molecule is CC/C=C\C/C=C\C/C=C\C/C=C\C/C=C\C/C=C\C/C=C\CCCCCCCCCCCCCCCC(=O)OC(COC(=O)CCCCCCCCC/C=C\CCCCCCCC)COP(=O)(O)OCC[N+](C)(C)C. The van der Waals surface area contributed by atoms with Crippen LogP contribution in [0.15, 0.2) is 97.2 Å². The first-order valence-corrected chi connectivity index (χ1v) is 32.5. The van der Waals surface area contributed by atoms with Gasteiger partial charge in [-0.05, 0) is 96.3 Å². The standard InChI is InChI=1S/C66H116NO8P/c1-6-8-10-12-14-16-18-20-22-24-25-26-27-28-29-30-31-32-33-34-35-36-37-38-39-40-41-43-45-47-49-51-53-55-57-59-66(69)75-64(63-74-76(70,71)73-61-60-67(3,4)5)62-72-65(68)58-56-54-52-50-48-46-44-42-23-21-19-17-15-13-11-9-7-2/h8,10,14,16,20-23,25-26,28-29,31-32,34-35,64H,6-7,9,11-13,15,17-19,24,27,30,33,36-63H2,1-5H3/p+1/b10-8-,16-14-,22-20-,23-21-,26-25-,29-28-,32-31-,35-34-. The first-order chi connectivity index (χ1) is 37.0. The van der Waals surface area contributed by atoms with E-state index in [2.05, 4.69) is 111 Å². The van der Waals surface area contributed by atoms with E-state index in [1.54, 1.807) is 0 Å². The normalized spacial score (nSPS) is 13.9. The molecule has 1 N–H and O–H groups in total. The van der Waals surface area contributed by atoms with Gasteiger partial charge in [-0.25, -0.2) is 4.57 Å². The number of hydrogen-bond donors (Lipinski definition) is 1. The van der Waals surface area contributed by atoms with Crippen molar-refractivity contribution < 1.29 is 42.1 Å². The van der Waals surface area contributed by atoms with E-state index in [0.29, 0.717) is 17.4 Å². The second kappa shape index (κ2) is 56.6. The van der Waals surface area contributed by atoms with E-state index in [4.69, 9.17) is 18.5 Å². The smallest absolute Gasteiger partial charge is 0.462 e. The summed E-state index contributed by atoms with van der Waals surface area (Å²) < 4.78 is 34.6. The van der Waals surface area contributed by atoms with Crippen LogP contribution in [0.3, 0.4) is 0 Å². The second-order valence-corrected chi connectivity index (χ2v) is 23.2. The van der Waals surface area contributed by atoms with Crippen LogP contribution in [0.5, 0.6) is 0 Å². The molecule has 0 bridgehead atoms. The van der Waals surface area contributed by atoms with Gasteiger partial charge in [0.05, 0.1) is 27.7 Å². The maximum atomic E-state index is 12.8. The first-order valence-electron chi connectivity index (χ1n) is 31.0. The average molecular weight is 1080 g/mol. The Morgan fingerprint density at radius 3 is 1.13 bits per heavy atom. The average Bonchev–Trinajstić information content (AvgIpc) is 3.38. The van der Waals surface area contributed by atoms with E-state index < -0.39 is 26.5 Å². The quantitative estimate of drug-likeness (QED) is 0.0211. The minimum absolute atomic E-state index is 0.0280. The van der Waals surface area contributed by atoms with Crippen LogP contribution in [0, 0.1) is 0 Å². The summed E-state index contributed by atoms with van der Waals surface area (Å²) in [5.74, 6) is -0.802. The van der Waals surface area contributed by atoms with Gasteiger partial charge >= 0.3 is 19.8 Å². The van der Waals surface area contributed by atoms with Crippen molar-refractivity contribution in [3.05, 3.63) is 97.2 Å². The number of hydrogen-bond acceptors (Lipinski definition) is 7. The summed E-state index contributed by atoms with van der Waals surface area (Å²) in [7, 11) is 1.47. The number of nitrogens with zero attached hydrogens (tertiary/aromatic N) is 1. The zero-order valence-corrected chi connectivity index (χ0v) is 50.6. The molecule has 76 heavy (non-hydrogen) atoms. The third-order valence-corrected chi connectivity index (χ3v) is 14.1. The van der Waals surface area contributed by atoms with Crippen molar-refractivity contribution in [3.8, 4) is 0 Å². The fourth-order valence-electron chi connectivity index (χ4n) is 8.34. The van der Waals surface area contributed by atoms with Crippen molar-refractivity contribution in [2.75, 3.05) is 47.5 Å². The Balaban J connectivity index is 4.09. The lowest BCUT2D eigenvalue weighted by Gasteiger charge is -2.24. The molecule has 2 unspecified atom stereocenters. The first kappa shape index (κ1) is 72.9. The van der Waals surface area contributed by atoms with Gasteiger partial charge < -0.3 is 18.9 Å². The van der Waals surface area contributed by atoms with E-state index in [1.807, 2.05) is 21.1 Å². The monoisotopic (exact) mass is 1080 g/mol. The molecule has 9 nitrogen and oxygen atoms in total. The fraction of sp³-hybridized carbons (Fsp3) is 0.727. The van der Waals surface area contributed by atoms with Gasteiger partial charge in [0.15, 0.2) is 6.10 Å². The lowest BCUT2D eigenvalue weighted by molar-refractivity contribution is -0.870. The predicted molar refractivity (Wildman–Crippen MR) is 325 cm³/mol. The zero-order valence-electron chi connectivity index (χ0n) is 49.7. The molecule has 0 aromatic heterocycles. The van der Waals surface area contributed by atoms with Gasteiger partial charge in [-0.15, -0.1) is 0 Å². The van der Waals surface area contributed by atoms with Crippen molar-refractivity contribution in [1.82, 2.24) is 0 Å². The van der Waals surface area contributed by atoms with Gasteiger partial charge in [0.2, 0.25) is 0 Å². The molecule has 0 aromatic carbocycles. The van der Waals surface area contributed by atoms with Crippen LogP contribution in [-0.4, -0.2) is 74.9 Å². The molecule has 0 aromatic rings. The Morgan fingerprint density at radius 2 is 0.750 bits per heavy atom. The number of quaternary nitrogens is 1. The molecule has 0 aliphatic rings. The fourth-order valence-corrected chi connectivity index (χ4v) is 9.09. The highest BCUT2D eigenvalue weighted by Crippen LogP contribution is 2.43. The van der Waals surface area contributed by atoms with Crippen LogP contribution in [0.25, 0.3) is 0 Å². The van der Waals surface area contributed by atoms with E-state index in [9.17, 15) is 19.0 Å². The number of esters is 2. The lowest BCUT2D eigenvalue weighted by Crippen LogP contribution is -2.37. The largest absolute Gasteiger partial charge is 0.472 e. The molecule has 0 aliphatic carbocycles. The third kappa shape index (κ3) is 60.2. The molecule has 0 spiro atoms. The molecule has 0 aliphatic heterocycles. The van der Waals surface area contributed by atoms with Gasteiger partial charge in [-0.2, -0.15) is 0 Å².